The highest BCUT2D eigenvalue weighted by atomic mass is 16.4. The molecule has 1 aromatic heterocycles. The third-order valence-corrected chi connectivity index (χ3v) is 2.54. The van der Waals surface area contributed by atoms with Gasteiger partial charge in [-0.3, -0.25) is 4.79 Å². The van der Waals surface area contributed by atoms with E-state index in [1.165, 1.54) is 4.90 Å². The first-order chi connectivity index (χ1) is 8.50. The molecule has 1 rings (SSSR count). The van der Waals surface area contributed by atoms with Crippen molar-refractivity contribution in [3.8, 4) is 0 Å². The molecule has 100 valence electrons. The predicted octanol–water partition coefficient (Wildman–Crippen LogP) is 1.18. The first-order valence-electron chi connectivity index (χ1n) is 5.75. The Bertz CT molecular complexity index is 389. The lowest BCUT2D eigenvalue weighted by atomic mass is 10.2. The normalized spacial score (nSPS) is 11.9. The second-order valence-corrected chi connectivity index (χ2v) is 4.18. The molecule has 0 aliphatic heterocycles. The molecule has 1 atom stereocenters. The first-order valence-corrected chi connectivity index (χ1v) is 5.75. The van der Waals surface area contributed by atoms with E-state index >= 15 is 0 Å². The van der Waals surface area contributed by atoms with Gasteiger partial charge in [0.15, 0.2) is 0 Å². The van der Waals surface area contributed by atoms with Crippen LogP contribution in [0.15, 0.2) is 22.8 Å². The van der Waals surface area contributed by atoms with Gasteiger partial charge in [-0.1, -0.05) is 6.92 Å². The summed E-state index contributed by atoms with van der Waals surface area (Å²) in [7, 11) is 1.57. The number of nitrogens with one attached hydrogen (secondary N) is 1. The molecule has 0 saturated heterocycles. The van der Waals surface area contributed by atoms with Crippen molar-refractivity contribution in [2.75, 3.05) is 20.1 Å². The van der Waals surface area contributed by atoms with Gasteiger partial charge < -0.3 is 19.7 Å². The lowest BCUT2D eigenvalue weighted by molar-refractivity contribution is -0.141. The monoisotopic (exact) mass is 254 g/mol. The van der Waals surface area contributed by atoms with E-state index in [0.29, 0.717) is 13.0 Å². The molecule has 0 saturated carbocycles. The van der Waals surface area contributed by atoms with Gasteiger partial charge >= 0.3 is 12.0 Å². The van der Waals surface area contributed by atoms with Crippen LogP contribution in [0.3, 0.4) is 0 Å². The number of aliphatic carboxylic acids is 1. The molecule has 0 aromatic carbocycles. The smallest absolute Gasteiger partial charge is 0.317 e. The van der Waals surface area contributed by atoms with Crippen molar-refractivity contribution in [3.05, 3.63) is 24.2 Å². The number of amides is 2. The van der Waals surface area contributed by atoms with Crippen molar-refractivity contribution in [2.24, 2.45) is 5.92 Å². The standard InChI is InChI=1S/C12H18N2O4/c1-9(11(15)16)8-14(2)12(17)13-6-5-10-4-3-7-18-10/h3-4,7,9H,5-6,8H2,1-2H3,(H,13,17)(H,15,16). The Kier molecular flexibility index (Phi) is 5.23. The van der Waals surface area contributed by atoms with Crippen molar-refractivity contribution in [2.45, 2.75) is 13.3 Å². The molecule has 6 nitrogen and oxygen atoms in total. The number of rotatable bonds is 6. The van der Waals surface area contributed by atoms with Crippen molar-refractivity contribution in [1.29, 1.82) is 0 Å². The number of hydrogen-bond donors (Lipinski definition) is 2. The van der Waals surface area contributed by atoms with Crippen LogP contribution in [-0.2, 0) is 11.2 Å². The molecule has 1 unspecified atom stereocenters. The highest BCUT2D eigenvalue weighted by Gasteiger charge is 2.16. The highest BCUT2D eigenvalue weighted by Crippen LogP contribution is 2.01. The fourth-order valence-corrected chi connectivity index (χ4v) is 1.45. The van der Waals surface area contributed by atoms with Crippen LogP contribution in [-0.4, -0.2) is 42.1 Å². The van der Waals surface area contributed by atoms with Crippen molar-refractivity contribution in [1.82, 2.24) is 10.2 Å². The molecule has 0 aliphatic carbocycles. The van der Waals surface area contributed by atoms with E-state index in [1.807, 2.05) is 6.07 Å². The quantitative estimate of drug-likeness (QED) is 0.798. The summed E-state index contributed by atoms with van der Waals surface area (Å²) in [6.45, 7) is 2.20. The molecule has 6 heteroatoms. The molecule has 2 amide bonds. The minimum Gasteiger partial charge on any atom is -0.481 e. The summed E-state index contributed by atoms with van der Waals surface area (Å²) in [5.41, 5.74) is 0. The van der Waals surface area contributed by atoms with E-state index in [1.54, 1.807) is 26.3 Å². The molecule has 2 N–H and O–H groups in total. The number of carboxylic acids is 1. The molecular weight excluding hydrogens is 236 g/mol. The lowest BCUT2D eigenvalue weighted by Crippen LogP contribution is -2.41. The van der Waals surface area contributed by atoms with E-state index in [2.05, 4.69) is 5.32 Å². The maximum atomic E-state index is 11.6. The predicted molar refractivity (Wildman–Crippen MR) is 65.2 cm³/mol. The van der Waals surface area contributed by atoms with Crippen molar-refractivity contribution >= 4 is 12.0 Å². The Morgan fingerprint density at radius 1 is 1.56 bits per heavy atom. The molecular formula is C12H18N2O4. The van der Waals surface area contributed by atoms with Crippen molar-refractivity contribution < 1.29 is 19.1 Å². The largest absolute Gasteiger partial charge is 0.481 e. The number of carbonyl (C=O) groups is 2. The number of carboxylic acid groups (broad SMARTS) is 1. The summed E-state index contributed by atoms with van der Waals surface area (Å²) in [5, 5.41) is 11.4. The van der Waals surface area contributed by atoms with Gasteiger partial charge in [0, 0.05) is 26.6 Å². The number of furan rings is 1. The van der Waals surface area contributed by atoms with Crippen molar-refractivity contribution in [3.63, 3.8) is 0 Å². The van der Waals surface area contributed by atoms with Gasteiger partial charge in [0.2, 0.25) is 0 Å². The topological polar surface area (TPSA) is 82.8 Å². The van der Waals surface area contributed by atoms with Crippen LogP contribution in [0.4, 0.5) is 4.79 Å². The van der Waals surface area contributed by atoms with Crippen LogP contribution < -0.4 is 5.32 Å². The Hall–Kier alpha value is -1.98. The Labute approximate surface area is 106 Å². The Balaban J connectivity index is 2.25. The number of hydrogen-bond acceptors (Lipinski definition) is 3. The fourth-order valence-electron chi connectivity index (χ4n) is 1.45. The van der Waals surface area contributed by atoms with Gasteiger partial charge in [-0.15, -0.1) is 0 Å². The van der Waals surface area contributed by atoms with Crippen LogP contribution in [0.25, 0.3) is 0 Å². The average molecular weight is 254 g/mol. The van der Waals surface area contributed by atoms with Gasteiger partial charge in [-0.2, -0.15) is 0 Å². The zero-order valence-corrected chi connectivity index (χ0v) is 10.5. The van der Waals surface area contributed by atoms with Gasteiger partial charge in [-0.25, -0.2) is 4.79 Å². The fraction of sp³-hybridized carbons (Fsp3) is 0.500. The van der Waals surface area contributed by atoms with Gasteiger partial charge in [0.05, 0.1) is 12.2 Å². The van der Waals surface area contributed by atoms with Crippen LogP contribution >= 0.6 is 0 Å². The van der Waals surface area contributed by atoms with E-state index < -0.39 is 11.9 Å². The first kappa shape index (κ1) is 14.1. The summed E-state index contributed by atoms with van der Waals surface area (Å²) in [6.07, 6.45) is 2.19. The third-order valence-electron chi connectivity index (χ3n) is 2.54. The minimum absolute atomic E-state index is 0.182. The number of nitrogens with zero attached hydrogens (tertiary/aromatic N) is 1. The van der Waals surface area contributed by atoms with E-state index in [-0.39, 0.29) is 12.6 Å². The van der Waals surface area contributed by atoms with Crippen LogP contribution in [0.2, 0.25) is 0 Å². The summed E-state index contributed by atoms with van der Waals surface area (Å²) in [5.74, 6) is -0.687. The summed E-state index contributed by atoms with van der Waals surface area (Å²) in [6, 6.07) is 3.34. The van der Waals surface area contributed by atoms with Crippen LogP contribution in [0.5, 0.6) is 0 Å². The molecule has 0 spiro atoms. The molecule has 18 heavy (non-hydrogen) atoms. The zero-order valence-electron chi connectivity index (χ0n) is 10.5. The van der Waals surface area contributed by atoms with Gasteiger partial charge in [0.1, 0.15) is 5.76 Å². The summed E-state index contributed by atoms with van der Waals surface area (Å²) < 4.78 is 5.13. The summed E-state index contributed by atoms with van der Waals surface area (Å²) >= 11 is 0. The van der Waals surface area contributed by atoms with E-state index in [4.69, 9.17) is 9.52 Å². The van der Waals surface area contributed by atoms with Crippen LogP contribution in [0.1, 0.15) is 12.7 Å². The van der Waals surface area contributed by atoms with Gasteiger partial charge in [0.25, 0.3) is 0 Å². The van der Waals surface area contributed by atoms with Gasteiger partial charge in [-0.05, 0) is 12.1 Å². The maximum absolute atomic E-state index is 11.6. The van der Waals surface area contributed by atoms with E-state index in [9.17, 15) is 9.59 Å². The molecule has 0 bridgehead atoms. The average Bonchev–Trinajstić information content (AvgIpc) is 2.81. The number of urea groups is 1. The Morgan fingerprint density at radius 2 is 2.28 bits per heavy atom. The second kappa shape index (κ2) is 6.68. The molecule has 0 fully saturated rings. The SMILES string of the molecule is CC(CN(C)C(=O)NCCc1ccco1)C(=O)O. The van der Waals surface area contributed by atoms with E-state index in [0.717, 1.165) is 5.76 Å². The molecule has 0 radical (unpaired) electrons. The zero-order chi connectivity index (χ0) is 13.5. The molecule has 0 aliphatic rings. The minimum atomic E-state index is -0.912. The molecule has 1 heterocycles. The number of carbonyl (C=O) groups excluding carboxylic acids is 1. The van der Waals surface area contributed by atoms with Crippen LogP contribution in [0, 0.1) is 5.92 Å². The lowest BCUT2D eigenvalue weighted by Gasteiger charge is -2.19. The maximum Gasteiger partial charge on any atom is 0.317 e. The third kappa shape index (κ3) is 4.48. The highest BCUT2D eigenvalue weighted by molar-refractivity contribution is 5.75. The summed E-state index contributed by atoms with van der Waals surface area (Å²) in [4.78, 5) is 23.6. The molecule has 1 aromatic rings. The second-order valence-electron chi connectivity index (χ2n) is 4.18. The Morgan fingerprint density at radius 3 is 2.83 bits per heavy atom.